The van der Waals surface area contributed by atoms with Crippen LogP contribution in [0.25, 0.3) is 16.6 Å². The van der Waals surface area contributed by atoms with Crippen molar-refractivity contribution in [3.8, 4) is 11.8 Å². The van der Waals surface area contributed by atoms with Crippen LogP contribution in [0.3, 0.4) is 0 Å². The molecule has 0 saturated heterocycles. The first-order chi connectivity index (χ1) is 12.6. The third kappa shape index (κ3) is 2.26. The summed E-state index contributed by atoms with van der Waals surface area (Å²) in [5.74, 6) is -0.300. The molecule has 2 N–H and O–H groups in total. The molecule has 0 bridgehead atoms. The maximum absolute atomic E-state index is 13.1. The van der Waals surface area contributed by atoms with Crippen molar-refractivity contribution in [1.82, 2.24) is 14.3 Å². The van der Waals surface area contributed by atoms with Crippen LogP contribution in [0.1, 0.15) is 21.7 Å². The number of nitrogen functional groups attached to an aromatic ring is 1. The number of nitriles is 1. The zero-order valence-electron chi connectivity index (χ0n) is 14.0. The lowest BCUT2D eigenvalue weighted by molar-refractivity contribution is 0.103. The summed E-state index contributed by atoms with van der Waals surface area (Å²) in [7, 11) is 1.88. The van der Waals surface area contributed by atoms with Crippen molar-refractivity contribution in [1.29, 1.82) is 5.26 Å². The average Bonchev–Trinajstić information content (AvgIpc) is 3.19. The number of carbonyl (C=O) groups is 1. The van der Waals surface area contributed by atoms with Crippen molar-refractivity contribution < 1.29 is 4.79 Å². The van der Waals surface area contributed by atoms with E-state index in [0.29, 0.717) is 11.3 Å². The van der Waals surface area contributed by atoms with Crippen LogP contribution in [0, 0.1) is 11.3 Å². The second kappa shape index (κ2) is 5.90. The maximum Gasteiger partial charge on any atom is 0.217 e. The van der Waals surface area contributed by atoms with Gasteiger partial charge in [-0.25, -0.2) is 4.68 Å². The standard InChI is InChI=1S/C20H15N5O/c1-24-12-15(14-9-5-6-10-16(14)24)20(26)19-18(22)17(11-21)25(23-19)13-7-3-2-4-8-13/h2-10,12H,22H2,1H3. The molecule has 2 aromatic carbocycles. The second-order valence-corrected chi connectivity index (χ2v) is 5.97. The number of rotatable bonds is 3. The van der Waals surface area contributed by atoms with E-state index in [1.165, 1.54) is 4.68 Å². The predicted molar refractivity (Wildman–Crippen MR) is 99.0 cm³/mol. The summed E-state index contributed by atoms with van der Waals surface area (Å²) in [6.45, 7) is 0. The highest BCUT2D eigenvalue weighted by Crippen LogP contribution is 2.27. The molecule has 6 heteroatoms. The molecule has 2 aromatic heterocycles. The molecule has 0 spiro atoms. The maximum atomic E-state index is 13.1. The summed E-state index contributed by atoms with van der Waals surface area (Å²) in [5, 5.41) is 14.7. The van der Waals surface area contributed by atoms with Crippen LogP contribution in [0.2, 0.25) is 0 Å². The molecule has 4 aromatic rings. The smallest absolute Gasteiger partial charge is 0.217 e. The molecule has 0 aliphatic heterocycles. The molecule has 2 heterocycles. The van der Waals surface area contributed by atoms with E-state index in [1.54, 1.807) is 18.3 Å². The first kappa shape index (κ1) is 15.7. The monoisotopic (exact) mass is 341 g/mol. The van der Waals surface area contributed by atoms with Gasteiger partial charge in [-0.2, -0.15) is 10.4 Å². The number of nitrogens with zero attached hydrogens (tertiary/aromatic N) is 4. The first-order valence-corrected chi connectivity index (χ1v) is 8.04. The Kier molecular flexibility index (Phi) is 3.55. The van der Waals surface area contributed by atoms with Gasteiger partial charge in [-0.3, -0.25) is 4.79 Å². The lowest BCUT2D eigenvalue weighted by Crippen LogP contribution is -2.05. The lowest BCUT2D eigenvalue weighted by atomic mass is 10.1. The molecule has 126 valence electrons. The molecule has 0 fully saturated rings. The van der Waals surface area contributed by atoms with E-state index < -0.39 is 0 Å². The van der Waals surface area contributed by atoms with Gasteiger partial charge in [0.25, 0.3) is 0 Å². The fraction of sp³-hybridized carbons (Fsp3) is 0.0500. The summed E-state index contributed by atoms with van der Waals surface area (Å²) >= 11 is 0. The minimum Gasteiger partial charge on any atom is -0.394 e. The van der Waals surface area contributed by atoms with Gasteiger partial charge >= 0.3 is 0 Å². The number of hydrogen-bond acceptors (Lipinski definition) is 4. The molecule has 0 unspecified atom stereocenters. The van der Waals surface area contributed by atoms with E-state index in [4.69, 9.17) is 5.73 Å². The number of anilines is 1. The van der Waals surface area contributed by atoms with Gasteiger partial charge in [0.1, 0.15) is 11.8 Å². The number of aromatic nitrogens is 3. The van der Waals surface area contributed by atoms with Gasteiger partial charge in [-0.05, 0) is 18.2 Å². The fourth-order valence-corrected chi connectivity index (χ4v) is 3.11. The summed E-state index contributed by atoms with van der Waals surface area (Å²) in [4.78, 5) is 13.1. The van der Waals surface area contributed by atoms with Gasteiger partial charge in [-0.1, -0.05) is 36.4 Å². The second-order valence-electron chi connectivity index (χ2n) is 5.97. The zero-order chi connectivity index (χ0) is 18.3. The van der Waals surface area contributed by atoms with Gasteiger partial charge in [0, 0.05) is 29.7 Å². The fourth-order valence-electron chi connectivity index (χ4n) is 3.11. The first-order valence-electron chi connectivity index (χ1n) is 8.04. The third-order valence-electron chi connectivity index (χ3n) is 4.39. The van der Waals surface area contributed by atoms with Crippen molar-refractivity contribution in [2.75, 3.05) is 5.73 Å². The molecule has 0 saturated carbocycles. The molecular formula is C20H15N5O. The minimum absolute atomic E-state index is 0.0850. The van der Waals surface area contributed by atoms with Crippen LogP contribution in [-0.2, 0) is 7.05 Å². The lowest BCUT2D eigenvalue weighted by Gasteiger charge is -2.01. The van der Waals surface area contributed by atoms with Crippen LogP contribution in [0.5, 0.6) is 0 Å². The molecule has 0 radical (unpaired) electrons. The largest absolute Gasteiger partial charge is 0.394 e. The van der Waals surface area contributed by atoms with Gasteiger partial charge in [0.2, 0.25) is 5.78 Å². The van der Waals surface area contributed by atoms with Crippen molar-refractivity contribution in [2.24, 2.45) is 7.05 Å². The highest BCUT2D eigenvalue weighted by molar-refractivity contribution is 6.17. The Morgan fingerprint density at radius 2 is 1.81 bits per heavy atom. The van der Waals surface area contributed by atoms with E-state index >= 15 is 0 Å². The molecular weight excluding hydrogens is 326 g/mol. The highest BCUT2D eigenvalue weighted by atomic mass is 16.1. The topological polar surface area (TPSA) is 89.6 Å². The normalized spacial score (nSPS) is 10.8. The van der Waals surface area contributed by atoms with Crippen LogP contribution in [0.4, 0.5) is 5.69 Å². The van der Waals surface area contributed by atoms with E-state index in [9.17, 15) is 10.1 Å². The Bertz CT molecular complexity index is 1180. The van der Waals surface area contributed by atoms with E-state index in [1.807, 2.05) is 60.1 Å². The zero-order valence-corrected chi connectivity index (χ0v) is 14.0. The van der Waals surface area contributed by atoms with Crippen molar-refractivity contribution in [3.05, 3.63) is 77.7 Å². The predicted octanol–water partition coefficient (Wildman–Crippen LogP) is 3.05. The number of nitrogens with two attached hydrogens (primary N) is 1. The number of carbonyl (C=O) groups excluding carboxylic acids is 1. The van der Waals surface area contributed by atoms with Gasteiger partial charge in [-0.15, -0.1) is 0 Å². The van der Waals surface area contributed by atoms with Gasteiger partial charge in [0.05, 0.1) is 5.69 Å². The van der Waals surface area contributed by atoms with Crippen molar-refractivity contribution in [2.45, 2.75) is 0 Å². The quantitative estimate of drug-likeness (QED) is 0.580. The van der Waals surface area contributed by atoms with Crippen LogP contribution < -0.4 is 5.73 Å². The van der Waals surface area contributed by atoms with Crippen LogP contribution in [0.15, 0.2) is 60.8 Å². The number of hydrogen-bond donors (Lipinski definition) is 1. The third-order valence-corrected chi connectivity index (χ3v) is 4.39. The Labute approximate surface area is 149 Å². The van der Waals surface area contributed by atoms with E-state index in [0.717, 1.165) is 10.9 Å². The van der Waals surface area contributed by atoms with Gasteiger partial charge in [0.15, 0.2) is 11.4 Å². The summed E-state index contributed by atoms with van der Waals surface area (Å²) in [6, 6.07) is 18.8. The molecule has 4 rings (SSSR count). The summed E-state index contributed by atoms with van der Waals surface area (Å²) < 4.78 is 3.30. The molecule has 0 amide bonds. The highest BCUT2D eigenvalue weighted by Gasteiger charge is 2.25. The molecule has 0 aliphatic rings. The molecule has 0 aliphatic carbocycles. The number of benzene rings is 2. The number of para-hydroxylation sites is 2. The van der Waals surface area contributed by atoms with Crippen molar-refractivity contribution >= 4 is 22.4 Å². The Morgan fingerprint density at radius 1 is 1.12 bits per heavy atom. The number of ketones is 1. The number of fused-ring (bicyclic) bond motifs is 1. The Morgan fingerprint density at radius 3 is 2.54 bits per heavy atom. The van der Waals surface area contributed by atoms with Crippen molar-refractivity contribution in [3.63, 3.8) is 0 Å². The van der Waals surface area contributed by atoms with Crippen LogP contribution >= 0.6 is 0 Å². The molecule has 26 heavy (non-hydrogen) atoms. The molecule has 0 atom stereocenters. The van der Waals surface area contributed by atoms with Crippen LogP contribution in [-0.4, -0.2) is 20.1 Å². The van der Waals surface area contributed by atoms with E-state index in [-0.39, 0.29) is 22.9 Å². The SMILES string of the molecule is Cn1cc(C(=O)c2nn(-c3ccccc3)c(C#N)c2N)c2ccccc21. The number of aryl methyl sites for hydroxylation is 1. The Balaban J connectivity index is 1.90. The van der Waals surface area contributed by atoms with E-state index in [2.05, 4.69) is 5.10 Å². The Hall–Kier alpha value is -3.85. The molecule has 6 nitrogen and oxygen atoms in total. The van der Waals surface area contributed by atoms with Gasteiger partial charge < -0.3 is 10.3 Å². The summed E-state index contributed by atoms with van der Waals surface area (Å²) in [5.41, 5.74) is 8.56. The summed E-state index contributed by atoms with van der Waals surface area (Å²) in [6.07, 6.45) is 1.76. The minimum atomic E-state index is -0.300. The average molecular weight is 341 g/mol.